The highest BCUT2D eigenvalue weighted by Gasteiger charge is 2.48. The lowest BCUT2D eigenvalue weighted by atomic mass is 9.74. The van der Waals surface area contributed by atoms with Crippen molar-refractivity contribution in [3.63, 3.8) is 0 Å². The van der Waals surface area contributed by atoms with E-state index in [4.69, 9.17) is 14.2 Å². The number of aldehydes is 1. The Bertz CT molecular complexity index is 1010. The predicted octanol–water partition coefficient (Wildman–Crippen LogP) is 4.85. The van der Waals surface area contributed by atoms with Crippen molar-refractivity contribution < 1.29 is 33.0 Å². The van der Waals surface area contributed by atoms with Crippen LogP contribution >= 0.6 is 0 Å². The summed E-state index contributed by atoms with van der Waals surface area (Å²) < 4.78 is 31.8. The maximum absolute atomic E-state index is 14.9. The predicted molar refractivity (Wildman–Crippen MR) is 131 cm³/mol. The molecule has 0 unspecified atom stereocenters. The van der Waals surface area contributed by atoms with Gasteiger partial charge in [-0.3, -0.25) is 9.59 Å². The topological polar surface area (TPSA) is 90.9 Å². The Morgan fingerprint density at radius 2 is 1.75 bits per heavy atom. The van der Waals surface area contributed by atoms with E-state index >= 15 is 0 Å². The van der Waals surface area contributed by atoms with Gasteiger partial charge in [0.15, 0.2) is 11.6 Å². The van der Waals surface area contributed by atoms with Crippen molar-refractivity contribution >= 4 is 18.2 Å². The Labute approximate surface area is 212 Å². The van der Waals surface area contributed by atoms with E-state index in [2.05, 4.69) is 5.32 Å². The number of amides is 1. The van der Waals surface area contributed by atoms with Gasteiger partial charge in [-0.15, -0.1) is 0 Å². The number of carbonyl (C=O) groups is 3. The second-order valence-electron chi connectivity index (χ2n) is 11.9. The van der Waals surface area contributed by atoms with Gasteiger partial charge in [0.25, 0.3) is 5.91 Å². The lowest BCUT2D eigenvalue weighted by molar-refractivity contribution is -0.169. The molecule has 8 heteroatoms. The van der Waals surface area contributed by atoms with Gasteiger partial charge in [-0.2, -0.15) is 0 Å². The molecular weight excluding hydrogens is 465 g/mol. The zero-order chi connectivity index (χ0) is 26.3. The summed E-state index contributed by atoms with van der Waals surface area (Å²) in [5.41, 5.74) is -0.983. The number of esters is 1. The molecule has 1 aromatic rings. The first kappa shape index (κ1) is 26.4. The van der Waals surface area contributed by atoms with Crippen LogP contribution in [0.3, 0.4) is 0 Å². The van der Waals surface area contributed by atoms with E-state index in [1.807, 2.05) is 27.7 Å². The van der Waals surface area contributed by atoms with Crippen LogP contribution in [-0.4, -0.2) is 43.0 Å². The van der Waals surface area contributed by atoms with Crippen LogP contribution in [0.25, 0.3) is 0 Å². The molecule has 2 bridgehead atoms. The summed E-state index contributed by atoms with van der Waals surface area (Å²) in [5, 5.41) is 3.01. The summed E-state index contributed by atoms with van der Waals surface area (Å²) in [4.78, 5) is 37.5. The summed E-state index contributed by atoms with van der Waals surface area (Å²) in [7, 11) is 1.39. The van der Waals surface area contributed by atoms with Gasteiger partial charge in [0.05, 0.1) is 24.2 Å². The highest BCUT2D eigenvalue weighted by atomic mass is 19.1. The van der Waals surface area contributed by atoms with Crippen LogP contribution in [0.2, 0.25) is 0 Å². The number of benzene rings is 1. The number of ether oxygens (including phenoxy) is 3. The zero-order valence-corrected chi connectivity index (χ0v) is 21.9. The molecule has 0 spiro atoms. The van der Waals surface area contributed by atoms with Crippen molar-refractivity contribution in [2.45, 2.75) is 90.4 Å². The molecule has 0 aromatic heterocycles. The fourth-order valence-corrected chi connectivity index (χ4v) is 6.08. The lowest BCUT2D eigenvalue weighted by Crippen LogP contribution is -2.44. The van der Waals surface area contributed by atoms with Crippen molar-refractivity contribution in [3.8, 4) is 11.5 Å². The summed E-state index contributed by atoms with van der Waals surface area (Å²) in [5.74, 6) is -0.719. The van der Waals surface area contributed by atoms with Gasteiger partial charge in [-0.05, 0) is 90.5 Å². The van der Waals surface area contributed by atoms with Crippen LogP contribution in [0.5, 0.6) is 11.5 Å². The molecule has 4 rings (SSSR count). The number of hydrogen-bond acceptors (Lipinski definition) is 6. The molecule has 1 N–H and O–H groups in total. The van der Waals surface area contributed by atoms with Gasteiger partial charge in [-0.25, -0.2) is 4.39 Å². The van der Waals surface area contributed by atoms with Crippen molar-refractivity contribution in [3.05, 3.63) is 23.5 Å². The average Bonchev–Trinajstić information content (AvgIpc) is 3.42. The lowest BCUT2D eigenvalue weighted by Gasteiger charge is -2.37. The first-order valence-corrected chi connectivity index (χ1v) is 13.0. The number of hydrogen-bond donors (Lipinski definition) is 1. The van der Waals surface area contributed by atoms with Gasteiger partial charge >= 0.3 is 5.97 Å². The minimum atomic E-state index is -0.616. The van der Waals surface area contributed by atoms with Crippen LogP contribution in [0.15, 0.2) is 12.1 Å². The minimum Gasteiger partial charge on any atom is -0.496 e. The largest absolute Gasteiger partial charge is 0.496 e. The van der Waals surface area contributed by atoms with Gasteiger partial charge in [0.2, 0.25) is 0 Å². The van der Waals surface area contributed by atoms with E-state index in [1.54, 1.807) is 0 Å². The average molecular weight is 504 g/mol. The zero-order valence-electron chi connectivity index (χ0n) is 21.9. The maximum Gasteiger partial charge on any atom is 0.312 e. The SMILES string of the molecule is COc1cc(F)c(OC2CCC(C)(C(=O)OC(C)(C)C)CC2)cc1C(=O)N[C@@H]1[C@H]2CC[C@H](C2)[C@@H]1C=O. The van der Waals surface area contributed by atoms with Crippen molar-refractivity contribution in [1.82, 2.24) is 5.32 Å². The number of nitrogens with one attached hydrogen (secondary N) is 1. The molecule has 0 saturated heterocycles. The first-order chi connectivity index (χ1) is 16.9. The van der Waals surface area contributed by atoms with E-state index in [1.165, 1.54) is 13.2 Å². The third-order valence-electron chi connectivity index (χ3n) is 8.16. The van der Waals surface area contributed by atoms with Gasteiger partial charge in [0, 0.05) is 18.0 Å². The third kappa shape index (κ3) is 5.37. The summed E-state index contributed by atoms with van der Waals surface area (Å²) >= 11 is 0. The normalized spacial score (nSPS) is 31.6. The van der Waals surface area contributed by atoms with Crippen LogP contribution < -0.4 is 14.8 Å². The van der Waals surface area contributed by atoms with Gasteiger partial charge in [0.1, 0.15) is 17.6 Å². The molecule has 3 aliphatic carbocycles. The van der Waals surface area contributed by atoms with Crippen LogP contribution in [0, 0.1) is 29.0 Å². The summed E-state index contributed by atoms with van der Waals surface area (Å²) in [6, 6.07) is 2.33. The van der Waals surface area contributed by atoms with Crippen molar-refractivity contribution in [2.75, 3.05) is 7.11 Å². The molecule has 36 heavy (non-hydrogen) atoms. The van der Waals surface area contributed by atoms with Gasteiger partial charge < -0.3 is 24.3 Å². The first-order valence-electron chi connectivity index (χ1n) is 13.0. The third-order valence-corrected chi connectivity index (χ3v) is 8.16. The second kappa shape index (κ2) is 10.0. The number of methoxy groups -OCH3 is 1. The smallest absolute Gasteiger partial charge is 0.312 e. The van der Waals surface area contributed by atoms with Gasteiger partial charge in [-0.1, -0.05) is 0 Å². The number of halogens is 1. The van der Waals surface area contributed by atoms with E-state index < -0.39 is 22.7 Å². The van der Waals surface area contributed by atoms with E-state index in [9.17, 15) is 18.8 Å². The van der Waals surface area contributed by atoms with E-state index in [-0.39, 0.29) is 47.0 Å². The molecule has 198 valence electrons. The molecule has 0 aliphatic heterocycles. The Balaban J connectivity index is 1.44. The molecular formula is C28H38FNO6. The van der Waals surface area contributed by atoms with Crippen LogP contribution in [0.1, 0.15) is 83.0 Å². The standard InChI is InChI=1S/C28H38FNO6/c1-27(2,3)36-26(33)28(4)10-8-18(9-11-28)35-23-13-19(22(34-5)14-21(23)29)25(32)30-24-17-7-6-16(12-17)20(24)15-31/h13-18,20,24H,6-12H2,1-5H3,(H,30,32)/t16-,17+,18?,20+,24-,28?/m1/s1. The second-order valence-corrected chi connectivity index (χ2v) is 11.9. The van der Waals surface area contributed by atoms with E-state index in [0.29, 0.717) is 31.6 Å². The number of rotatable bonds is 7. The summed E-state index contributed by atoms with van der Waals surface area (Å²) in [6.07, 6.45) is 5.90. The molecule has 4 atom stereocenters. The molecule has 3 aliphatic rings. The quantitative estimate of drug-likeness (QED) is 0.423. The molecule has 3 saturated carbocycles. The number of fused-ring (bicyclic) bond motifs is 2. The van der Waals surface area contributed by atoms with Crippen molar-refractivity contribution in [2.24, 2.45) is 23.2 Å². The minimum absolute atomic E-state index is 0.0216. The molecule has 3 fully saturated rings. The molecule has 0 heterocycles. The monoisotopic (exact) mass is 503 g/mol. The molecule has 1 aromatic carbocycles. The Morgan fingerprint density at radius 3 is 2.36 bits per heavy atom. The van der Waals surface area contributed by atoms with E-state index in [0.717, 1.165) is 31.6 Å². The fraction of sp³-hybridized carbons (Fsp3) is 0.679. The Hall–Kier alpha value is -2.64. The molecule has 1 amide bonds. The highest BCUT2D eigenvalue weighted by molar-refractivity contribution is 5.97. The fourth-order valence-electron chi connectivity index (χ4n) is 6.08. The highest BCUT2D eigenvalue weighted by Crippen LogP contribution is 2.48. The summed E-state index contributed by atoms with van der Waals surface area (Å²) in [6.45, 7) is 7.44. The molecule has 7 nitrogen and oxygen atoms in total. The Kier molecular flexibility index (Phi) is 7.35. The maximum atomic E-state index is 14.9. The number of carbonyl (C=O) groups excluding carboxylic acids is 3. The molecule has 0 radical (unpaired) electrons. The van der Waals surface area contributed by atoms with Crippen LogP contribution in [-0.2, 0) is 14.3 Å². The van der Waals surface area contributed by atoms with Crippen molar-refractivity contribution in [1.29, 1.82) is 0 Å². The van der Waals surface area contributed by atoms with Crippen LogP contribution in [0.4, 0.5) is 4.39 Å². The Morgan fingerprint density at radius 1 is 1.08 bits per heavy atom.